The van der Waals surface area contributed by atoms with Gasteiger partial charge in [0.15, 0.2) is 0 Å². The maximum atomic E-state index is 6.04. The number of rotatable bonds is 5. The third-order valence-electron chi connectivity index (χ3n) is 3.69. The summed E-state index contributed by atoms with van der Waals surface area (Å²) in [5.74, 6) is 1.64. The van der Waals surface area contributed by atoms with Crippen LogP contribution in [-0.2, 0) is 6.54 Å². The highest BCUT2D eigenvalue weighted by atomic mass is 35.5. The molecule has 1 aromatic heterocycles. The number of halogens is 2. The standard InChI is InChI=1S/C19H17Cl2NO/c1-13(14-5-3-2-4-6-14)22-12-18-7-8-19(23-18)15-9-16(20)11-17(21)10-15/h2-11,13,22H,12H2,1H3/t13-/m0/s1. The van der Waals surface area contributed by atoms with Gasteiger partial charge in [-0.15, -0.1) is 0 Å². The second kappa shape index (κ2) is 7.22. The van der Waals surface area contributed by atoms with E-state index in [-0.39, 0.29) is 6.04 Å². The van der Waals surface area contributed by atoms with Crippen LogP contribution in [0.25, 0.3) is 11.3 Å². The van der Waals surface area contributed by atoms with E-state index in [0.717, 1.165) is 17.1 Å². The molecule has 2 aromatic carbocycles. The van der Waals surface area contributed by atoms with E-state index in [1.807, 2.05) is 42.5 Å². The molecule has 1 heterocycles. The quantitative estimate of drug-likeness (QED) is 0.603. The molecule has 1 N–H and O–H groups in total. The van der Waals surface area contributed by atoms with E-state index in [1.54, 1.807) is 6.07 Å². The summed E-state index contributed by atoms with van der Waals surface area (Å²) in [6.45, 7) is 2.79. The Bertz CT molecular complexity index is 763. The Kier molecular flexibility index (Phi) is 5.06. The fraction of sp³-hybridized carbons (Fsp3) is 0.158. The first-order chi connectivity index (χ1) is 11.1. The van der Waals surface area contributed by atoms with E-state index >= 15 is 0 Å². The molecule has 4 heteroatoms. The molecule has 0 bridgehead atoms. The molecule has 1 atom stereocenters. The Labute approximate surface area is 146 Å². The Balaban J connectivity index is 1.68. The Hall–Kier alpha value is -1.74. The van der Waals surface area contributed by atoms with Gasteiger partial charge in [0.2, 0.25) is 0 Å². The van der Waals surface area contributed by atoms with Crippen LogP contribution in [0.1, 0.15) is 24.3 Å². The Morgan fingerprint density at radius 3 is 2.35 bits per heavy atom. The van der Waals surface area contributed by atoms with Crippen molar-refractivity contribution in [2.45, 2.75) is 19.5 Å². The van der Waals surface area contributed by atoms with Crippen molar-refractivity contribution < 1.29 is 4.42 Å². The molecule has 0 saturated carbocycles. The summed E-state index contributed by atoms with van der Waals surface area (Å²) in [5, 5.41) is 4.65. The van der Waals surface area contributed by atoms with Crippen molar-refractivity contribution in [3.8, 4) is 11.3 Å². The molecule has 0 aliphatic heterocycles. The monoisotopic (exact) mass is 345 g/mol. The second-order valence-electron chi connectivity index (χ2n) is 5.44. The molecule has 118 valence electrons. The van der Waals surface area contributed by atoms with E-state index in [1.165, 1.54) is 5.56 Å². The predicted molar refractivity (Wildman–Crippen MR) is 95.9 cm³/mol. The summed E-state index contributed by atoms with van der Waals surface area (Å²) in [4.78, 5) is 0. The minimum atomic E-state index is 0.255. The molecule has 2 nitrogen and oxygen atoms in total. The molecule has 0 saturated heterocycles. The van der Waals surface area contributed by atoms with Crippen molar-refractivity contribution >= 4 is 23.2 Å². The average molecular weight is 346 g/mol. The number of hydrogen-bond donors (Lipinski definition) is 1. The van der Waals surface area contributed by atoms with Gasteiger partial charge in [0.1, 0.15) is 11.5 Å². The Morgan fingerprint density at radius 2 is 1.65 bits per heavy atom. The third-order valence-corrected chi connectivity index (χ3v) is 4.13. The summed E-state index contributed by atoms with van der Waals surface area (Å²) in [5.41, 5.74) is 2.13. The van der Waals surface area contributed by atoms with Crippen molar-refractivity contribution in [2.24, 2.45) is 0 Å². The van der Waals surface area contributed by atoms with Gasteiger partial charge in [0.05, 0.1) is 6.54 Å². The maximum absolute atomic E-state index is 6.04. The molecule has 0 amide bonds. The van der Waals surface area contributed by atoms with Gasteiger partial charge >= 0.3 is 0 Å². The van der Waals surface area contributed by atoms with E-state index in [0.29, 0.717) is 16.6 Å². The first-order valence-corrected chi connectivity index (χ1v) is 8.21. The lowest BCUT2D eigenvalue weighted by molar-refractivity contribution is 0.468. The van der Waals surface area contributed by atoms with Crippen LogP contribution >= 0.6 is 23.2 Å². The van der Waals surface area contributed by atoms with Gasteiger partial charge in [0, 0.05) is 21.7 Å². The van der Waals surface area contributed by atoms with Crippen molar-refractivity contribution in [3.63, 3.8) is 0 Å². The fourth-order valence-electron chi connectivity index (χ4n) is 2.44. The molecular weight excluding hydrogens is 329 g/mol. The molecule has 3 aromatic rings. The van der Waals surface area contributed by atoms with Gasteiger partial charge in [-0.2, -0.15) is 0 Å². The first kappa shape index (κ1) is 16.1. The molecule has 0 aliphatic carbocycles. The molecule has 0 unspecified atom stereocenters. The molecule has 0 aliphatic rings. The number of furan rings is 1. The number of benzene rings is 2. The summed E-state index contributed by atoms with van der Waals surface area (Å²) in [6.07, 6.45) is 0. The highest BCUT2D eigenvalue weighted by Gasteiger charge is 2.09. The van der Waals surface area contributed by atoms with Crippen LogP contribution in [0.2, 0.25) is 10.0 Å². The largest absolute Gasteiger partial charge is 0.460 e. The Morgan fingerprint density at radius 1 is 0.957 bits per heavy atom. The second-order valence-corrected chi connectivity index (χ2v) is 6.31. The van der Waals surface area contributed by atoms with Gasteiger partial charge in [-0.1, -0.05) is 53.5 Å². The van der Waals surface area contributed by atoms with E-state index in [2.05, 4.69) is 24.4 Å². The lowest BCUT2D eigenvalue weighted by Crippen LogP contribution is -2.17. The predicted octanol–water partition coefficient (Wildman–Crippen LogP) is 6.10. The highest BCUT2D eigenvalue weighted by molar-refractivity contribution is 6.35. The van der Waals surface area contributed by atoms with Crippen LogP contribution in [0.15, 0.2) is 65.1 Å². The van der Waals surface area contributed by atoms with Crippen LogP contribution in [0.3, 0.4) is 0 Å². The SMILES string of the molecule is C[C@H](NCc1ccc(-c2cc(Cl)cc(Cl)c2)o1)c1ccccc1. The summed E-state index contributed by atoms with van der Waals surface area (Å²) < 4.78 is 5.89. The van der Waals surface area contributed by atoms with E-state index < -0.39 is 0 Å². The normalized spacial score (nSPS) is 12.3. The van der Waals surface area contributed by atoms with Gasteiger partial charge in [-0.25, -0.2) is 0 Å². The topological polar surface area (TPSA) is 25.2 Å². The van der Waals surface area contributed by atoms with Crippen molar-refractivity contribution in [1.29, 1.82) is 0 Å². The van der Waals surface area contributed by atoms with Crippen LogP contribution in [0.5, 0.6) is 0 Å². The smallest absolute Gasteiger partial charge is 0.134 e. The third kappa shape index (κ3) is 4.17. The van der Waals surface area contributed by atoms with Crippen LogP contribution in [0.4, 0.5) is 0 Å². The summed E-state index contributed by atoms with van der Waals surface area (Å²) in [6, 6.07) is 19.9. The average Bonchev–Trinajstić information content (AvgIpc) is 3.01. The zero-order valence-electron chi connectivity index (χ0n) is 12.7. The van der Waals surface area contributed by atoms with Gasteiger partial charge < -0.3 is 9.73 Å². The number of hydrogen-bond acceptors (Lipinski definition) is 2. The zero-order chi connectivity index (χ0) is 16.2. The lowest BCUT2D eigenvalue weighted by atomic mass is 10.1. The zero-order valence-corrected chi connectivity index (χ0v) is 14.2. The van der Waals surface area contributed by atoms with Gasteiger partial charge in [-0.3, -0.25) is 0 Å². The molecular formula is C19H17Cl2NO. The fourth-order valence-corrected chi connectivity index (χ4v) is 2.96. The van der Waals surface area contributed by atoms with Crippen LogP contribution in [-0.4, -0.2) is 0 Å². The van der Waals surface area contributed by atoms with Crippen molar-refractivity contribution in [1.82, 2.24) is 5.32 Å². The van der Waals surface area contributed by atoms with Crippen molar-refractivity contribution in [3.05, 3.63) is 82.0 Å². The molecule has 23 heavy (non-hydrogen) atoms. The minimum absolute atomic E-state index is 0.255. The van der Waals surface area contributed by atoms with E-state index in [4.69, 9.17) is 27.6 Å². The van der Waals surface area contributed by atoms with Crippen LogP contribution in [0, 0.1) is 0 Å². The molecule has 0 fully saturated rings. The molecule has 0 radical (unpaired) electrons. The maximum Gasteiger partial charge on any atom is 0.134 e. The lowest BCUT2D eigenvalue weighted by Gasteiger charge is -2.12. The number of nitrogens with one attached hydrogen (secondary N) is 1. The minimum Gasteiger partial charge on any atom is -0.460 e. The van der Waals surface area contributed by atoms with Gasteiger partial charge in [-0.05, 0) is 42.8 Å². The highest BCUT2D eigenvalue weighted by Crippen LogP contribution is 2.28. The molecule has 3 rings (SSSR count). The van der Waals surface area contributed by atoms with Crippen LogP contribution < -0.4 is 5.32 Å². The van der Waals surface area contributed by atoms with E-state index in [9.17, 15) is 0 Å². The first-order valence-electron chi connectivity index (χ1n) is 7.45. The van der Waals surface area contributed by atoms with Crippen molar-refractivity contribution in [2.75, 3.05) is 0 Å². The molecule has 0 spiro atoms. The van der Waals surface area contributed by atoms with Gasteiger partial charge in [0.25, 0.3) is 0 Å². The summed E-state index contributed by atoms with van der Waals surface area (Å²) >= 11 is 12.1. The summed E-state index contributed by atoms with van der Waals surface area (Å²) in [7, 11) is 0.